The molecule has 1 amide bonds. The smallest absolute Gasteiger partial charge is 0.271 e. The Morgan fingerprint density at radius 2 is 2.21 bits per heavy atom. The predicted molar refractivity (Wildman–Crippen MR) is 51.8 cm³/mol. The number of carbonyl (C=O) groups excluding carboxylic acids is 1. The lowest BCUT2D eigenvalue weighted by atomic mass is 10.2. The van der Waals surface area contributed by atoms with Crippen molar-refractivity contribution in [1.29, 1.82) is 0 Å². The quantitative estimate of drug-likeness (QED) is 0.420. The zero-order valence-corrected chi connectivity index (χ0v) is 7.48. The summed E-state index contributed by atoms with van der Waals surface area (Å²) in [5.41, 5.74) is 5.95. The lowest BCUT2D eigenvalue weighted by Gasteiger charge is -2.04. The average Bonchev–Trinajstić information content (AvgIpc) is 2.07. The highest BCUT2D eigenvalue weighted by Gasteiger charge is 2.09. The van der Waals surface area contributed by atoms with Crippen molar-refractivity contribution in [3.05, 3.63) is 28.3 Å². The summed E-state index contributed by atoms with van der Waals surface area (Å²) < 4.78 is 0. The molecule has 0 saturated carbocycles. The lowest BCUT2D eigenvalue weighted by molar-refractivity contribution is -0.384. The molecule has 0 aliphatic carbocycles. The SMILES string of the molecule is CC(=O)Nc1cc([N+](=O)[O-])ccc1N. The van der Waals surface area contributed by atoms with Gasteiger partial charge in [0.2, 0.25) is 5.91 Å². The Bertz CT molecular complexity index is 389. The van der Waals surface area contributed by atoms with Crippen LogP contribution in [0.1, 0.15) is 6.92 Å². The van der Waals surface area contributed by atoms with Crippen molar-refractivity contribution in [2.75, 3.05) is 11.1 Å². The zero-order chi connectivity index (χ0) is 10.7. The first-order valence-corrected chi connectivity index (χ1v) is 3.82. The van der Waals surface area contributed by atoms with Crippen LogP contribution in [-0.2, 0) is 4.79 Å². The first kappa shape index (κ1) is 9.97. The highest BCUT2D eigenvalue weighted by atomic mass is 16.6. The molecular formula is C8H9N3O3. The molecule has 74 valence electrons. The van der Waals surface area contributed by atoms with Gasteiger partial charge in [-0.25, -0.2) is 0 Å². The fourth-order valence-corrected chi connectivity index (χ4v) is 0.956. The highest BCUT2D eigenvalue weighted by molar-refractivity contribution is 5.92. The van der Waals surface area contributed by atoms with Crippen LogP contribution in [0, 0.1) is 10.1 Å². The summed E-state index contributed by atoms with van der Waals surface area (Å²) in [6, 6.07) is 3.88. The van der Waals surface area contributed by atoms with Gasteiger partial charge in [-0.2, -0.15) is 0 Å². The zero-order valence-electron chi connectivity index (χ0n) is 7.48. The Hall–Kier alpha value is -2.11. The molecule has 0 atom stereocenters. The number of carbonyl (C=O) groups is 1. The van der Waals surface area contributed by atoms with E-state index in [0.717, 1.165) is 0 Å². The minimum absolute atomic E-state index is 0.108. The van der Waals surface area contributed by atoms with Gasteiger partial charge in [-0.05, 0) is 6.07 Å². The van der Waals surface area contributed by atoms with Gasteiger partial charge in [0.1, 0.15) is 0 Å². The van der Waals surface area contributed by atoms with E-state index < -0.39 is 4.92 Å². The summed E-state index contributed by atoms with van der Waals surface area (Å²) in [5.74, 6) is -0.322. The van der Waals surface area contributed by atoms with Gasteiger partial charge < -0.3 is 11.1 Å². The van der Waals surface area contributed by atoms with E-state index in [9.17, 15) is 14.9 Å². The molecule has 0 heterocycles. The topological polar surface area (TPSA) is 98.3 Å². The van der Waals surface area contributed by atoms with Crippen LogP contribution in [0.4, 0.5) is 17.1 Å². The van der Waals surface area contributed by atoms with Crippen molar-refractivity contribution in [3.8, 4) is 0 Å². The van der Waals surface area contributed by atoms with E-state index in [2.05, 4.69) is 5.32 Å². The van der Waals surface area contributed by atoms with Gasteiger partial charge in [0, 0.05) is 19.1 Å². The Morgan fingerprint density at radius 3 is 2.71 bits per heavy atom. The van der Waals surface area contributed by atoms with Crippen molar-refractivity contribution in [2.24, 2.45) is 0 Å². The van der Waals surface area contributed by atoms with Gasteiger partial charge in [-0.1, -0.05) is 0 Å². The van der Waals surface area contributed by atoms with Crippen LogP contribution in [0.5, 0.6) is 0 Å². The van der Waals surface area contributed by atoms with E-state index in [0.29, 0.717) is 5.69 Å². The third-order valence-corrected chi connectivity index (χ3v) is 1.56. The molecule has 0 aliphatic heterocycles. The van der Waals surface area contributed by atoms with Crippen LogP contribution in [-0.4, -0.2) is 10.8 Å². The summed E-state index contributed by atoms with van der Waals surface area (Å²) in [5, 5.41) is 12.8. The number of nitro benzene ring substituents is 1. The predicted octanol–water partition coefficient (Wildman–Crippen LogP) is 1.14. The molecule has 0 unspecified atom stereocenters. The van der Waals surface area contributed by atoms with E-state index >= 15 is 0 Å². The molecule has 0 spiro atoms. The number of nitrogens with one attached hydrogen (secondary N) is 1. The summed E-state index contributed by atoms with van der Waals surface area (Å²) in [6.45, 7) is 1.30. The molecule has 1 rings (SSSR count). The molecule has 0 fully saturated rings. The van der Waals surface area contributed by atoms with Gasteiger partial charge in [-0.15, -0.1) is 0 Å². The standard InChI is InChI=1S/C8H9N3O3/c1-5(12)10-8-4-6(11(13)14)2-3-7(8)9/h2-4H,9H2,1H3,(H,10,12). The first-order chi connectivity index (χ1) is 6.50. The van der Waals surface area contributed by atoms with Crippen molar-refractivity contribution < 1.29 is 9.72 Å². The second-order valence-electron chi connectivity index (χ2n) is 2.71. The summed E-state index contributed by atoms with van der Waals surface area (Å²) in [7, 11) is 0. The Balaban J connectivity index is 3.08. The number of nitrogens with zero attached hydrogens (tertiary/aromatic N) is 1. The maximum absolute atomic E-state index is 10.7. The van der Waals surface area contributed by atoms with E-state index in [-0.39, 0.29) is 17.3 Å². The van der Waals surface area contributed by atoms with Crippen LogP contribution >= 0.6 is 0 Å². The maximum Gasteiger partial charge on any atom is 0.271 e. The number of nitro groups is 1. The number of benzene rings is 1. The third kappa shape index (κ3) is 2.19. The molecule has 14 heavy (non-hydrogen) atoms. The molecule has 0 radical (unpaired) electrons. The molecule has 1 aromatic rings. The van der Waals surface area contributed by atoms with Crippen LogP contribution in [0.15, 0.2) is 18.2 Å². The summed E-state index contributed by atoms with van der Waals surface area (Å²) in [4.78, 5) is 20.6. The first-order valence-electron chi connectivity index (χ1n) is 3.82. The molecule has 0 bridgehead atoms. The second-order valence-corrected chi connectivity index (χ2v) is 2.71. The van der Waals surface area contributed by atoms with Gasteiger partial charge in [-0.3, -0.25) is 14.9 Å². The maximum atomic E-state index is 10.7. The van der Waals surface area contributed by atoms with Crippen LogP contribution in [0.2, 0.25) is 0 Å². The Morgan fingerprint density at radius 1 is 1.57 bits per heavy atom. The molecule has 0 aromatic heterocycles. The number of hydrogen-bond acceptors (Lipinski definition) is 4. The number of nitrogens with two attached hydrogens (primary N) is 1. The fraction of sp³-hybridized carbons (Fsp3) is 0.125. The minimum atomic E-state index is -0.551. The molecule has 0 saturated heterocycles. The largest absolute Gasteiger partial charge is 0.397 e. The molecule has 6 heteroatoms. The summed E-state index contributed by atoms with van der Waals surface area (Å²) in [6.07, 6.45) is 0. The van der Waals surface area contributed by atoms with Gasteiger partial charge in [0.25, 0.3) is 5.69 Å². The molecule has 3 N–H and O–H groups in total. The van der Waals surface area contributed by atoms with E-state index in [1.54, 1.807) is 0 Å². The van der Waals surface area contributed by atoms with E-state index in [4.69, 9.17) is 5.73 Å². The number of anilines is 2. The monoisotopic (exact) mass is 195 g/mol. The molecule has 0 aliphatic rings. The highest BCUT2D eigenvalue weighted by Crippen LogP contribution is 2.24. The number of non-ortho nitro benzene ring substituents is 1. The van der Waals surface area contributed by atoms with Crippen LogP contribution < -0.4 is 11.1 Å². The van der Waals surface area contributed by atoms with Crippen molar-refractivity contribution in [2.45, 2.75) is 6.92 Å². The average molecular weight is 195 g/mol. The van der Waals surface area contributed by atoms with Crippen molar-refractivity contribution in [1.82, 2.24) is 0 Å². The van der Waals surface area contributed by atoms with E-state index in [1.807, 2.05) is 0 Å². The number of nitrogen functional groups attached to an aromatic ring is 1. The number of rotatable bonds is 2. The normalized spacial score (nSPS) is 9.50. The van der Waals surface area contributed by atoms with Gasteiger partial charge >= 0.3 is 0 Å². The van der Waals surface area contributed by atoms with Gasteiger partial charge in [0.05, 0.1) is 16.3 Å². The van der Waals surface area contributed by atoms with Crippen LogP contribution in [0.3, 0.4) is 0 Å². The second kappa shape index (κ2) is 3.73. The number of amides is 1. The summed E-state index contributed by atoms with van der Waals surface area (Å²) >= 11 is 0. The molecule has 1 aromatic carbocycles. The van der Waals surface area contributed by atoms with Crippen molar-refractivity contribution >= 4 is 23.0 Å². The third-order valence-electron chi connectivity index (χ3n) is 1.56. The number of hydrogen-bond donors (Lipinski definition) is 2. The van der Waals surface area contributed by atoms with Crippen LogP contribution in [0.25, 0.3) is 0 Å². The Labute approximate surface area is 79.9 Å². The molecule has 6 nitrogen and oxygen atoms in total. The Kier molecular flexibility index (Phi) is 2.66. The van der Waals surface area contributed by atoms with Gasteiger partial charge in [0.15, 0.2) is 0 Å². The van der Waals surface area contributed by atoms with Crippen molar-refractivity contribution in [3.63, 3.8) is 0 Å². The minimum Gasteiger partial charge on any atom is -0.397 e. The van der Waals surface area contributed by atoms with E-state index in [1.165, 1.54) is 25.1 Å². The fourth-order valence-electron chi connectivity index (χ4n) is 0.956. The lowest BCUT2D eigenvalue weighted by Crippen LogP contribution is -2.08. The molecular weight excluding hydrogens is 186 g/mol.